The maximum absolute atomic E-state index is 4.97. The van der Waals surface area contributed by atoms with E-state index in [2.05, 4.69) is 85.1 Å². The van der Waals surface area contributed by atoms with E-state index in [0.717, 1.165) is 28.2 Å². The van der Waals surface area contributed by atoms with Crippen LogP contribution in [0.5, 0.6) is 0 Å². The summed E-state index contributed by atoms with van der Waals surface area (Å²) < 4.78 is 2.18. The predicted molar refractivity (Wildman–Crippen MR) is 95.5 cm³/mol. The van der Waals surface area contributed by atoms with Crippen LogP contribution in [0.4, 0.5) is 0 Å². The number of hydrogen-bond donors (Lipinski definition) is 0. The Kier molecular flexibility index (Phi) is 3.23. The van der Waals surface area contributed by atoms with Crippen molar-refractivity contribution in [2.24, 2.45) is 0 Å². The van der Waals surface area contributed by atoms with E-state index in [0.29, 0.717) is 0 Å². The second kappa shape index (κ2) is 5.40. The molecule has 0 saturated carbocycles. The maximum Gasteiger partial charge on any atom is 0.145 e. The summed E-state index contributed by atoms with van der Waals surface area (Å²) in [7, 11) is 0. The number of fused-ring (bicyclic) bond motifs is 1. The zero-order valence-corrected chi connectivity index (χ0v) is 13.3. The van der Waals surface area contributed by atoms with Crippen molar-refractivity contribution in [3.05, 3.63) is 84.1 Å². The SMILES string of the molecule is Cc1cc(C)cc(-c2nc(-c3ccccc3)c3ccccn23)c1. The normalized spacial score (nSPS) is 11.0. The molecule has 4 aromatic rings. The van der Waals surface area contributed by atoms with Crippen LogP contribution in [0.2, 0.25) is 0 Å². The van der Waals surface area contributed by atoms with Crippen molar-refractivity contribution < 1.29 is 0 Å². The number of aryl methyl sites for hydroxylation is 2. The second-order valence-corrected chi connectivity index (χ2v) is 5.98. The lowest BCUT2D eigenvalue weighted by Crippen LogP contribution is -1.90. The van der Waals surface area contributed by atoms with Crippen LogP contribution in [0.1, 0.15) is 11.1 Å². The molecule has 0 aliphatic carbocycles. The van der Waals surface area contributed by atoms with Crippen molar-refractivity contribution in [3.63, 3.8) is 0 Å². The molecule has 2 aromatic heterocycles. The number of pyridine rings is 1. The Bertz CT molecular complexity index is 961. The largest absolute Gasteiger partial charge is 0.299 e. The fraction of sp³-hybridized carbons (Fsp3) is 0.0952. The monoisotopic (exact) mass is 298 g/mol. The highest BCUT2D eigenvalue weighted by molar-refractivity contribution is 5.81. The molecule has 0 amide bonds. The van der Waals surface area contributed by atoms with Crippen LogP contribution in [-0.2, 0) is 0 Å². The summed E-state index contributed by atoms with van der Waals surface area (Å²) in [6.07, 6.45) is 2.09. The van der Waals surface area contributed by atoms with Crippen LogP contribution in [0.25, 0.3) is 28.2 Å². The fourth-order valence-electron chi connectivity index (χ4n) is 3.15. The minimum atomic E-state index is 0.992. The topological polar surface area (TPSA) is 17.3 Å². The molecule has 4 rings (SSSR count). The minimum absolute atomic E-state index is 0.992. The molecule has 0 bridgehead atoms. The molecular formula is C21H18N2. The molecule has 2 heterocycles. The minimum Gasteiger partial charge on any atom is -0.299 e. The third kappa shape index (κ3) is 2.42. The van der Waals surface area contributed by atoms with Crippen LogP contribution in [-0.4, -0.2) is 9.38 Å². The Labute approximate surface area is 136 Å². The van der Waals surface area contributed by atoms with Gasteiger partial charge in [0.05, 0.1) is 11.2 Å². The number of benzene rings is 2. The Morgan fingerprint density at radius 1 is 0.739 bits per heavy atom. The quantitative estimate of drug-likeness (QED) is 0.492. The first kappa shape index (κ1) is 13.8. The Balaban J connectivity index is 2.01. The van der Waals surface area contributed by atoms with Crippen molar-refractivity contribution in [1.29, 1.82) is 0 Å². The molecule has 2 nitrogen and oxygen atoms in total. The molecule has 23 heavy (non-hydrogen) atoms. The molecule has 0 unspecified atom stereocenters. The molecule has 112 valence electrons. The van der Waals surface area contributed by atoms with E-state index in [-0.39, 0.29) is 0 Å². The molecule has 2 heteroatoms. The Morgan fingerprint density at radius 3 is 2.17 bits per heavy atom. The first-order valence-electron chi connectivity index (χ1n) is 7.83. The van der Waals surface area contributed by atoms with Crippen LogP contribution >= 0.6 is 0 Å². The second-order valence-electron chi connectivity index (χ2n) is 5.98. The molecule has 0 fully saturated rings. The van der Waals surface area contributed by atoms with E-state index in [9.17, 15) is 0 Å². The van der Waals surface area contributed by atoms with Gasteiger partial charge in [0.15, 0.2) is 0 Å². The smallest absolute Gasteiger partial charge is 0.145 e. The van der Waals surface area contributed by atoms with E-state index >= 15 is 0 Å². The molecular weight excluding hydrogens is 280 g/mol. The van der Waals surface area contributed by atoms with E-state index in [4.69, 9.17) is 4.98 Å². The van der Waals surface area contributed by atoms with Crippen LogP contribution < -0.4 is 0 Å². The number of imidazole rings is 1. The number of rotatable bonds is 2. The molecule has 0 spiro atoms. The average Bonchev–Trinajstić information content (AvgIpc) is 2.94. The number of hydrogen-bond acceptors (Lipinski definition) is 1. The summed E-state index contributed by atoms with van der Waals surface area (Å²) in [5, 5.41) is 0. The first-order chi connectivity index (χ1) is 11.2. The van der Waals surface area contributed by atoms with Gasteiger partial charge in [-0.25, -0.2) is 4.98 Å². The summed E-state index contributed by atoms with van der Waals surface area (Å²) in [5.74, 6) is 0.992. The van der Waals surface area contributed by atoms with Gasteiger partial charge in [-0.2, -0.15) is 0 Å². The summed E-state index contributed by atoms with van der Waals surface area (Å²) in [6, 6.07) is 23.2. The molecule has 0 N–H and O–H groups in total. The highest BCUT2D eigenvalue weighted by Crippen LogP contribution is 2.30. The van der Waals surface area contributed by atoms with Gasteiger partial charge < -0.3 is 0 Å². The van der Waals surface area contributed by atoms with Gasteiger partial charge in [-0.05, 0) is 38.1 Å². The maximum atomic E-state index is 4.97. The van der Waals surface area contributed by atoms with Gasteiger partial charge in [0.2, 0.25) is 0 Å². The van der Waals surface area contributed by atoms with Crippen LogP contribution in [0.3, 0.4) is 0 Å². The predicted octanol–water partition coefficient (Wildman–Crippen LogP) is 5.29. The molecule has 0 aliphatic heterocycles. The van der Waals surface area contributed by atoms with E-state index < -0.39 is 0 Å². The van der Waals surface area contributed by atoms with Crippen LogP contribution in [0.15, 0.2) is 72.9 Å². The molecule has 0 radical (unpaired) electrons. The highest BCUT2D eigenvalue weighted by Gasteiger charge is 2.14. The summed E-state index contributed by atoms with van der Waals surface area (Å²) in [6.45, 7) is 4.26. The summed E-state index contributed by atoms with van der Waals surface area (Å²) in [5.41, 5.74) is 6.98. The van der Waals surface area contributed by atoms with Crippen molar-refractivity contribution in [2.75, 3.05) is 0 Å². The van der Waals surface area contributed by atoms with Crippen molar-refractivity contribution in [1.82, 2.24) is 9.38 Å². The highest BCUT2D eigenvalue weighted by atomic mass is 15.0. The molecule has 2 aromatic carbocycles. The van der Waals surface area contributed by atoms with Crippen molar-refractivity contribution >= 4 is 5.52 Å². The van der Waals surface area contributed by atoms with Crippen LogP contribution in [0, 0.1) is 13.8 Å². The van der Waals surface area contributed by atoms with Gasteiger partial charge >= 0.3 is 0 Å². The van der Waals surface area contributed by atoms with Gasteiger partial charge in [-0.1, -0.05) is 53.6 Å². The fourth-order valence-corrected chi connectivity index (χ4v) is 3.15. The third-order valence-corrected chi connectivity index (χ3v) is 4.08. The van der Waals surface area contributed by atoms with E-state index in [1.807, 2.05) is 6.07 Å². The van der Waals surface area contributed by atoms with E-state index in [1.54, 1.807) is 0 Å². The molecule has 0 aliphatic rings. The third-order valence-electron chi connectivity index (χ3n) is 4.08. The lowest BCUT2D eigenvalue weighted by atomic mass is 10.1. The summed E-state index contributed by atoms with van der Waals surface area (Å²) >= 11 is 0. The zero-order valence-electron chi connectivity index (χ0n) is 13.3. The first-order valence-corrected chi connectivity index (χ1v) is 7.83. The lowest BCUT2D eigenvalue weighted by molar-refractivity contribution is 1.16. The number of aromatic nitrogens is 2. The lowest BCUT2D eigenvalue weighted by Gasteiger charge is -2.04. The average molecular weight is 298 g/mol. The van der Waals surface area contributed by atoms with Gasteiger partial charge in [0.1, 0.15) is 5.82 Å². The standard InChI is InChI=1S/C21H18N2/c1-15-12-16(2)14-18(13-15)21-22-20(17-8-4-3-5-9-17)19-10-6-7-11-23(19)21/h3-14H,1-2H3. The van der Waals surface area contributed by atoms with Crippen molar-refractivity contribution in [3.8, 4) is 22.6 Å². The molecule has 0 atom stereocenters. The Hall–Kier alpha value is -2.87. The molecule has 0 saturated heterocycles. The zero-order chi connectivity index (χ0) is 15.8. The van der Waals surface area contributed by atoms with E-state index in [1.165, 1.54) is 11.1 Å². The van der Waals surface area contributed by atoms with Gasteiger partial charge in [-0.15, -0.1) is 0 Å². The van der Waals surface area contributed by atoms with Gasteiger partial charge in [0, 0.05) is 17.3 Å². The van der Waals surface area contributed by atoms with Gasteiger partial charge in [-0.3, -0.25) is 4.40 Å². The summed E-state index contributed by atoms with van der Waals surface area (Å²) in [4.78, 5) is 4.97. The number of nitrogens with zero attached hydrogens (tertiary/aromatic N) is 2. The van der Waals surface area contributed by atoms with Gasteiger partial charge in [0.25, 0.3) is 0 Å². The van der Waals surface area contributed by atoms with Crippen molar-refractivity contribution in [2.45, 2.75) is 13.8 Å². The Morgan fingerprint density at radius 2 is 1.43 bits per heavy atom.